The van der Waals surface area contributed by atoms with Crippen molar-refractivity contribution in [3.05, 3.63) is 28.5 Å². The second-order valence-corrected chi connectivity index (χ2v) is 7.28. The van der Waals surface area contributed by atoms with E-state index < -0.39 is 15.8 Å². The van der Waals surface area contributed by atoms with Gasteiger partial charge in [-0.3, -0.25) is 0 Å². The van der Waals surface area contributed by atoms with Crippen LogP contribution in [0.25, 0.3) is 0 Å². The SMILES string of the molecule is CSCCN(C)S(=O)(=O)c1ccc(Br)c(F)c1. The zero-order chi connectivity index (χ0) is 13.1. The highest BCUT2D eigenvalue weighted by Crippen LogP contribution is 2.21. The molecule has 96 valence electrons. The fourth-order valence-electron chi connectivity index (χ4n) is 1.16. The third-order valence-electron chi connectivity index (χ3n) is 2.21. The lowest BCUT2D eigenvalue weighted by molar-refractivity contribution is 0.487. The maximum Gasteiger partial charge on any atom is 0.242 e. The number of halogens is 2. The van der Waals surface area contributed by atoms with Crippen molar-refractivity contribution in [1.29, 1.82) is 0 Å². The van der Waals surface area contributed by atoms with Crippen molar-refractivity contribution in [1.82, 2.24) is 4.31 Å². The van der Waals surface area contributed by atoms with Crippen LogP contribution in [0.4, 0.5) is 4.39 Å². The van der Waals surface area contributed by atoms with E-state index in [1.807, 2.05) is 6.26 Å². The number of sulfonamides is 1. The first kappa shape index (κ1) is 14.9. The standard InChI is InChI=1S/C10H13BrFNO2S2/c1-13(5-6-16-2)17(14,15)8-3-4-9(11)10(12)7-8/h3-4,7H,5-6H2,1-2H3. The molecule has 0 aliphatic rings. The van der Waals surface area contributed by atoms with Crippen LogP contribution >= 0.6 is 27.7 Å². The van der Waals surface area contributed by atoms with Gasteiger partial charge in [-0.15, -0.1) is 0 Å². The summed E-state index contributed by atoms with van der Waals surface area (Å²) in [5.74, 6) is 0.124. The molecule has 0 aliphatic heterocycles. The molecule has 3 nitrogen and oxygen atoms in total. The van der Waals surface area contributed by atoms with E-state index >= 15 is 0 Å². The first-order chi connectivity index (χ1) is 7.89. The molecule has 0 aliphatic carbocycles. The molecule has 0 saturated carbocycles. The van der Waals surface area contributed by atoms with Crippen LogP contribution in [0.15, 0.2) is 27.6 Å². The van der Waals surface area contributed by atoms with Crippen LogP contribution in [0.3, 0.4) is 0 Å². The minimum absolute atomic E-state index is 0.0261. The lowest BCUT2D eigenvalue weighted by atomic mass is 10.3. The first-order valence-electron chi connectivity index (χ1n) is 4.80. The van der Waals surface area contributed by atoms with E-state index in [1.165, 1.54) is 23.5 Å². The normalized spacial score (nSPS) is 12.1. The molecule has 0 spiro atoms. The molecule has 0 N–H and O–H groups in total. The van der Waals surface area contributed by atoms with E-state index in [9.17, 15) is 12.8 Å². The number of hydrogen-bond acceptors (Lipinski definition) is 3. The molecule has 0 fully saturated rings. The molecule has 17 heavy (non-hydrogen) atoms. The molecule has 7 heteroatoms. The van der Waals surface area contributed by atoms with Crippen molar-refractivity contribution < 1.29 is 12.8 Å². The highest BCUT2D eigenvalue weighted by molar-refractivity contribution is 9.10. The molecule has 1 aromatic carbocycles. The Bertz CT molecular complexity index is 493. The van der Waals surface area contributed by atoms with Crippen molar-refractivity contribution >= 4 is 37.7 Å². The molecule has 1 rings (SSSR count). The molecular weight excluding hydrogens is 329 g/mol. The third-order valence-corrected chi connectivity index (χ3v) is 5.30. The number of rotatable bonds is 5. The van der Waals surface area contributed by atoms with Crippen LogP contribution < -0.4 is 0 Å². The van der Waals surface area contributed by atoms with E-state index in [4.69, 9.17) is 0 Å². The van der Waals surface area contributed by atoms with E-state index in [0.29, 0.717) is 12.3 Å². The van der Waals surface area contributed by atoms with Crippen LogP contribution in [0.5, 0.6) is 0 Å². The maximum absolute atomic E-state index is 13.3. The van der Waals surface area contributed by atoms with Crippen molar-refractivity contribution in [3.8, 4) is 0 Å². The summed E-state index contributed by atoms with van der Waals surface area (Å²) in [5, 5.41) is 0. The quantitative estimate of drug-likeness (QED) is 0.825. The molecule has 0 radical (unpaired) electrons. The van der Waals surface area contributed by atoms with Gasteiger partial charge in [-0.25, -0.2) is 17.1 Å². The van der Waals surface area contributed by atoms with Gasteiger partial charge >= 0.3 is 0 Å². The van der Waals surface area contributed by atoms with E-state index in [0.717, 1.165) is 6.07 Å². The second-order valence-electron chi connectivity index (χ2n) is 3.40. The van der Waals surface area contributed by atoms with Gasteiger partial charge < -0.3 is 0 Å². The number of nitrogens with zero attached hydrogens (tertiary/aromatic N) is 1. The van der Waals surface area contributed by atoms with Gasteiger partial charge in [0.25, 0.3) is 0 Å². The average Bonchev–Trinajstić information content (AvgIpc) is 2.29. The Morgan fingerprint density at radius 2 is 2.12 bits per heavy atom. The third kappa shape index (κ3) is 3.67. The lowest BCUT2D eigenvalue weighted by Gasteiger charge is -2.16. The first-order valence-corrected chi connectivity index (χ1v) is 8.42. The van der Waals surface area contributed by atoms with Crippen LogP contribution in [-0.4, -0.2) is 38.3 Å². The van der Waals surface area contributed by atoms with Gasteiger partial charge in [0.2, 0.25) is 10.0 Å². The van der Waals surface area contributed by atoms with Gasteiger partial charge in [0.1, 0.15) is 5.82 Å². The molecule has 0 bridgehead atoms. The van der Waals surface area contributed by atoms with E-state index in [2.05, 4.69) is 15.9 Å². The predicted molar refractivity (Wildman–Crippen MR) is 72.3 cm³/mol. The maximum atomic E-state index is 13.3. The summed E-state index contributed by atoms with van der Waals surface area (Å²) in [6, 6.07) is 3.80. The Balaban J connectivity index is 3.00. The van der Waals surface area contributed by atoms with Crippen LogP contribution in [0, 0.1) is 5.82 Å². The Morgan fingerprint density at radius 3 is 2.65 bits per heavy atom. The summed E-state index contributed by atoms with van der Waals surface area (Å²) in [7, 11) is -2.10. The minimum atomic E-state index is -3.59. The van der Waals surface area contributed by atoms with E-state index in [-0.39, 0.29) is 9.37 Å². The summed E-state index contributed by atoms with van der Waals surface area (Å²) in [5.41, 5.74) is 0. The molecule has 0 unspecified atom stereocenters. The van der Waals surface area contributed by atoms with Gasteiger partial charge in [-0.2, -0.15) is 11.8 Å². The molecular formula is C10H13BrFNO2S2. The summed E-state index contributed by atoms with van der Waals surface area (Å²) in [6.07, 6.45) is 1.90. The van der Waals surface area contributed by atoms with Gasteiger partial charge in [-0.1, -0.05) is 0 Å². The predicted octanol–water partition coefficient (Wildman–Crippen LogP) is 2.57. The monoisotopic (exact) mass is 341 g/mol. The van der Waals surface area contributed by atoms with Crippen LogP contribution in [0.1, 0.15) is 0 Å². The van der Waals surface area contributed by atoms with Crippen molar-refractivity contribution in [3.63, 3.8) is 0 Å². The summed E-state index contributed by atoms with van der Waals surface area (Å²) in [4.78, 5) is -0.0261. The lowest BCUT2D eigenvalue weighted by Crippen LogP contribution is -2.29. The van der Waals surface area contributed by atoms with Gasteiger partial charge in [0, 0.05) is 19.3 Å². The van der Waals surface area contributed by atoms with Gasteiger partial charge in [-0.05, 0) is 40.4 Å². The molecule has 0 aromatic heterocycles. The second kappa shape index (κ2) is 6.17. The van der Waals surface area contributed by atoms with E-state index in [1.54, 1.807) is 11.8 Å². The van der Waals surface area contributed by atoms with Crippen LogP contribution in [-0.2, 0) is 10.0 Å². The Morgan fingerprint density at radius 1 is 1.47 bits per heavy atom. The van der Waals surface area contributed by atoms with Crippen molar-refractivity contribution in [2.45, 2.75) is 4.90 Å². The number of benzene rings is 1. The summed E-state index contributed by atoms with van der Waals surface area (Å²) >= 11 is 4.55. The molecule has 1 aromatic rings. The highest BCUT2D eigenvalue weighted by atomic mass is 79.9. The highest BCUT2D eigenvalue weighted by Gasteiger charge is 2.21. The van der Waals surface area contributed by atoms with Gasteiger partial charge in [0.05, 0.1) is 9.37 Å². The zero-order valence-corrected chi connectivity index (χ0v) is 12.7. The number of thioether (sulfide) groups is 1. The fraction of sp³-hybridized carbons (Fsp3) is 0.400. The largest absolute Gasteiger partial charge is 0.242 e. The topological polar surface area (TPSA) is 37.4 Å². The number of hydrogen-bond donors (Lipinski definition) is 0. The fourth-order valence-corrected chi connectivity index (χ4v) is 3.16. The molecule has 0 saturated heterocycles. The minimum Gasteiger partial charge on any atom is -0.207 e. The van der Waals surface area contributed by atoms with Gasteiger partial charge in [0.15, 0.2) is 0 Å². The summed E-state index contributed by atoms with van der Waals surface area (Å²) < 4.78 is 38.8. The average molecular weight is 342 g/mol. The molecule has 0 amide bonds. The zero-order valence-electron chi connectivity index (χ0n) is 9.48. The Labute approximate surface area is 114 Å². The van der Waals surface area contributed by atoms with Crippen molar-refractivity contribution in [2.75, 3.05) is 25.6 Å². The van der Waals surface area contributed by atoms with Crippen LogP contribution in [0.2, 0.25) is 0 Å². The Kier molecular flexibility index (Phi) is 5.43. The molecule has 0 atom stereocenters. The molecule has 0 heterocycles. The van der Waals surface area contributed by atoms with Crippen molar-refractivity contribution in [2.24, 2.45) is 0 Å². The summed E-state index contributed by atoms with van der Waals surface area (Å²) in [6.45, 7) is 0.404. The smallest absolute Gasteiger partial charge is 0.207 e. The Hall–Kier alpha value is -0.110.